The summed E-state index contributed by atoms with van der Waals surface area (Å²) in [5, 5.41) is 4.24. The van der Waals surface area contributed by atoms with Gasteiger partial charge >= 0.3 is 0 Å². The predicted octanol–water partition coefficient (Wildman–Crippen LogP) is 2.67. The van der Waals surface area contributed by atoms with E-state index in [1.807, 2.05) is 0 Å². The van der Waals surface area contributed by atoms with Crippen LogP contribution in [0.15, 0.2) is 5.10 Å². The highest BCUT2D eigenvalue weighted by Crippen LogP contribution is 2.55. The Kier molecular flexibility index (Phi) is 3.43. The van der Waals surface area contributed by atoms with Crippen molar-refractivity contribution in [3.63, 3.8) is 0 Å². The molecule has 3 rings (SSSR count). The summed E-state index contributed by atoms with van der Waals surface area (Å²) in [5.41, 5.74) is 3.54. The molecule has 4 nitrogen and oxygen atoms in total. The lowest BCUT2D eigenvalue weighted by Gasteiger charge is -2.29. The fourth-order valence-corrected chi connectivity index (χ4v) is 4.17. The van der Waals surface area contributed by atoms with Gasteiger partial charge in [0.25, 0.3) is 0 Å². The van der Waals surface area contributed by atoms with Gasteiger partial charge in [0.15, 0.2) is 0 Å². The van der Waals surface area contributed by atoms with E-state index in [1.54, 1.807) is 0 Å². The number of nitrogens with one attached hydrogen (secondary N) is 1. The van der Waals surface area contributed by atoms with Crippen LogP contribution in [0.5, 0.6) is 0 Å². The molecule has 4 heteroatoms. The number of Topliss-reactive ketones (excluding diaryl/α,β-unsaturated/α-hetero) is 1. The van der Waals surface area contributed by atoms with E-state index in [-0.39, 0.29) is 23.0 Å². The van der Waals surface area contributed by atoms with E-state index in [1.165, 1.54) is 25.7 Å². The van der Waals surface area contributed by atoms with Gasteiger partial charge in [0.05, 0.1) is 0 Å². The number of nitrogens with zero attached hydrogens (tertiary/aromatic N) is 1. The Labute approximate surface area is 120 Å². The molecule has 0 bridgehead atoms. The molecule has 3 aliphatic carbocycles. The van der Waals surface area contributed by atoms with Crippen molar-refractivity contribution in [3.8, 4) is 0 Å². The van der Waals surface area contributed by atoms with Gasteiger partial charge in [-0.2, -0.15) is 5.10 Å². The maximum atomic E-state index is 12.2. The molecular formula is C16H24N2O2. The molecule has 3 saturated carbocycles. The minimum absolute atomic E-state index is 0.0214. The van der Waals surface area contributed by atoms with Crippen LogP contribution in [0.4, 0.5) is 0 Å². The third-order valence-electron chi connectivity index (χ3n) is 5.04. The second-order valence-corrected chi connectivity index (χ2v) is 7.53. The van der Waals surface area contributed by atoms with Crippen LogP contribution < -0.4 is 5.43 Å². The topological polar surface area (TPSA) is 58.5 Å². The average molecular weight is 276 g/mol. The average Bonchev–Trinajstić information content (AvgIpc) is 3.08. The molecule has 0 aromatic rings. The van der Waals surface area contributed by atoms with Crippen LogP contribution in [-0.2, 0) is 9.59 Å². The highest BCUT2D eigenvalue weighted by atomic mass is 16.2. The Bertz CT molecular complexity index is 455. The Morgan fingerprint density at radius 2 is 1.85 bits per heavy atom. The first-order valence-corrected chi connectivity index (χ1v) is 7.83. The summed E-state index contributed by atoms with van der Waals surface area (Å²) in [4.78, 5) is 23.8. The molecule has 1 unspecified atom stereocenters. The van der Waals surface area contributed by atoms with Gasteiger partial charge in [0.1, 0.15) is 5.78 Å². The smallest absolute Gasteiger partial charge is 0.243 e. The van der Waals surface area contributed by atoms with E-state index in [2.05, 4.69) is 24.4 Å². The monoisotopic (exact) mass is 276 g/mol. The number of hydrogen-bond donors (Lipinski definition) is 1. The SMILES string of the molecule is CC1(C)CC(=O)C/C(=N/NC(=O)C2[C@H]3CCCC[C@@H]23)C1. The van der Waals surface area contributed by atoms with E-state index in [0.717, 1.165) is 12.1 Å². The molecule has 0 radical (unpaired) electrons. The number of amides is 1. The summed E-state index contributed by atoms with van der Waals surface area (Å²) in [5.74, 6) is 1.70. The van der Waals surface area contributed by atoms with Crippen LogP contribution in [0, 0.1) is 23.2 Å². The first kappa shape index (κ1) is 13.8. The van der Waals surface area contributed by atoms with Crippen LogP contribution in [-0.4, -0.2) is 17.4 Å². The molecular weight excluding hydrogens is 252 g/mol. The van der Waals surface area contributed by atoms with Crippen molar-refractivity contribution < 1.29 is 9.59 Å². The van der Waals surface area contributed by atoms with E-state index in [0.29, 0.717) is 24.7 Å². The third kappa shape index (κ3) is 2.79. The third-order valence-corrected chi connectivity index (χ3v) is 5.04. The molecule has 0 aromatic carbocycles. The van der Waals surface area contributed by atoms with Crippen LogP contribution in [0.1, 0.15) is 58.8 Å². The summed E-state index contributed by atoms with van der Waals surface area (Å²) in [6, 6.07) is 0. The first-order chi connectivity index (χ1) is 9.46. The molecule has 20 heavy (non-hydrogen) atoms. The summed E-state index contributed by atoms with van der Waals surface area (Å²) in [7, 11) is 0. The largest absolute Gasteiger partial charge is 0.299 e. The normalized spacial score (nSPS) is 37.4. The van der Waals surface area contributed by atoms with Crippen LogP contribution >= 0.6 is 0 Å². The summed E-state index contributed by atoms with van der Waals surface area (Å²) < 4.78 is 0. The zero-order valence-corrected chi connectivity index (χ0v) is 12.4. The van der Waals surface area contributed by atoms with Crippen molar-refractivity contribution >= 4 is 17.4 Å². The zero-order chi connectivity index (χ0) is 14.3. The Hall–Kier alpha value is -1.19. The highest BCUT2D eigenvalue weighted by Gasteiger charge is 2.54. The van der Waals surface area contributed by atoms with Crippen molar-refractivity contribution in [1.82, 2.24) is 5.43 Å². The molecule has 3 fully saturated rings. The van der Waals surface area contributed by atoms with Crippen molar-refractivity contribution in [2.45, 2.75) is 58.8 Å². The van der Waals surface area contributed by atoms with Gasteiger partial charge < -0.3 is 0 Å². The number of fused-ring (bicyclic) bond motifs is 1. The summed E-state index contributed by atoms with van der Waals surface area (Å²) in [6.07, 6.45) is 6.75. The minimum Gasteiger partial charge on any atom is -0.299 e. The summed E-state index contributed by atoms with van der Waals surface area (Å²) >= 11 is 0. The molecule has 0 aliphatic heterocycles. The quantitative estimate of drug-likeness (QED) is 0.788. The highest BCUT2D eigenvalue weighted by molar-refractivity contribution is 6.05. The van der Waals surface area contributed by atoms with Gasteiger partial charge in [0.2, 0.25) is 5.91 Å². The molecule has 0 aromatic heterocycles. The second-order valence-electron chi connectivity index (χ2n) is 7.53. The van der Waals surface area contributed by atoms with Gasteiger partial charge in [-0.15, -0.1) is 0 Å². The van der Waals surface area contributed by atoms with Gasteiger partial charge in [-0.25, -0.2) is 5.43 Å². The van der Waals surface area contributed by atoms with E-state index < -0.39 is 0 Å². The number of carbonyl (C=O) groups is 2. The minimum atomic E-state index is -0.0214. The van der Waals surface area contributed by atoms with Gasteiger partial charge in [-0.05, 0) is 36.5 Å². The molecule has 1 N–H and O–H groups in total. The molecule has 0 saturated heterocycles. The Morgan fingerprint density at radius 1 is 1.20 bits per heavy atom. The summed E-state index contributed by atoms with van der Waals surface area (Å²) in [6.45, 7) is 4.16. The second kappa shape index (κ2) is 4.97. The van der Waals surface area contributed by atoms with E-state index in [9.17, 15) is 9.59 Å². The Balaban J connectivity index is 1.57. The van der Waals surface area contributed by atoms with Crippen LogP contribution in [0.25, 0.3) is 0 Å². The number of hydrogen-bond acceptors (Lipinski definition) is 3. The lowest BCUT2D eigenvalue weighted by atomic mass is 9.76. The van der Waals surface area contributed by atoms with E-state index >= 15 is 0 Å². The zero-order valence-electron chi connectivity index (χ0n) is 12.4. The maximum Gasteiger partial charge on any atom is 0.243 e. The standard InChI is InChI=1S/C16H24N2O2/c1-16(2)8-10(7-11(19)9-16)17-18-15(20)14-12-5-3-4-6-13(12)14/h12-14H,3-9H2,1-2H3,(H,18,20)/b17-10-/t12-,13+,14?. The molecule has 1 amide bonds. The predicted molar refractivity (Wildman–Crippen MR) is 77.2 cm³/mol. The van der Waals surface area contributed by atoms with Crippen LogP contribution in [0.2, 0.25) is 0 Å². The van der Waals surface area contributed by atoms with Gasteiger partial charge in [-0.1, -0.05) is 26.7 Å². The fourth-order valence-electron chi connectivity index (χ4n) is 4.17. The van der Waals surface area contributed by atoms with Crippen molar-refractivity contribution in [2.24, 2.45) is 28.3 Å². The number of carbonyl (C=O) groups excluding carboxylic acids is 2. The first-order valence-electron chi connectivity index (χ1n) is 7.83. The lowest BCUT2D eigenvalue weighted by molar-refractivity contribution is -0.123. The van der Waals surface area contributed by atoms with E-state index in [4.69, 9.17) is 0 Å². The molecule has 110 valence electrons. The number of rotatable bonds is 2. The Morgan fingerprint density at radius 3 is 2.45 bits per heavy atom. The van der Waals surface area contributed by atoms with Gasteiger partial charge in [-0.3, -0.25) is 9.59 Å². The number of hydrazone groups is 1. The van der Waals surface area contributed by atoms with Crippen molar-refractivity contribution in [2.75, 3.05) is 0 Å². The number of ketones is 1. The molecule has 3 atom stereocenters. The van der Waals surface area contributed by atoms with Crippen molar-refractivity contribution in [3.05, 3.63) is 0 Å². The fraction of sp³-hybridized carbons (Fsp3) is 0.812. The molecule has 0 spiro atoms. The van der Waals surface area contributed by atoms with Crippen molar-refractivity contribution in [1.29, 1.82) is 0 Å². The van der Waals surface area contributed by atoms with Crippen LogP contribution in [0.3, 0.4) is 0 Å². The maximum absolute atomic E-state index is 12.2. The molecule has 0 heterocycles. The molecule has 3 aliphatic rings. The lowest BCUT2D eigenvalue weighted by Crippen LogP contribution is -2.31. The van der Waals surface area contributed by atoms with Gasteiger partial charge in [0, 0.05) is 24.5 Å².